The number of ether oxygens (including phenoxy) is 1. The highest BCUT2D eigenvalue weighted by Gasteiger charge is 2.16. The summed E-state index contributed by atoms with van der Waals surface area (Å²) in [5.74, 6) is 0.843. The number of hydrogen-bond donors (Lipinski definition) is 2. The van der Waals surface area contributed by atoms with Gasteiger partial charge in [0.1, 0.15) is 12.4 Å². The Balaban J connectivity index is 1.55. The van der Waals surface area contributed by atoms with Crippen molar-refractivity contribution in [1.29, 1.82) is 0 Å². The molecular weight excluding hydrogens is 276 g/mol. The zero-order chi connectivity index (χ0) is 15.2. The Hall–Kier alpha value is -1.91. The number of aromatic nitrogens is 1. The van der Waals surface area contributed by atoms with Gasteiger partial charge in [-0.05, 0) is 48.6 Å². The highest BCUT2D eigenvalue weighted by Crippen LogP contribution is 2.15. The largest absolute Gasteiger partial charge is 0.490 e. The molecule has 0 aliphatic carbocycles. The third-order valence-corrected chi connectivity index (χ3v) is 4.02. The second-order valence-corrected chi connectivity index (χ2v) is 5.76. The van der Waals surface area contributed by atoms with Gasteiger partial charge < -0.3 is 15.2 Å². The van der Waals surface area contributed by atoms with Gasteiger partial charge in [0.25, 0.3) is 0 Å². The number of nitrogens with zero attached hydrogens (tertiary/aromatic N) is 1. The van der Waals surface area contributed by atoms with Gasteiger partial charge in [-0.1, -0.05) is 24.3 Å². The average molecular weight is 298 g/mol. The molecule has 1 fully saturated rings. The third-order valence-electron chi connectivity index (χ3n) is 4.02. The van der Waals surface area contributed by atoms with Crippen molar-refractivity contribution in [1.82, 2.24) is 10.3 Å². The van der Waals surface area contributed by atoms with Gasteiger partial charge in [0.15, 0.2) is 0 Å². The molecule has 22 heavy (non-hydrogen) atoms. The molecule has 1 aliphatic rings. The quantitative estimate of drug-likeness (QED) is 0.822. The van der Waals surface area contributed by atoms with Gasteiger partial charge in [-0.2, -0.15) is 0 Å². The molecule has 1 aliphatic heterocycles. The molecule has 0 unspecified atom stereocenters. The van der Waals surface area contributed by atoms with Crippen LogP contribution in [0.25, 0.3) is 0 Å². The van der Waals surface area contributed by atoms with E-state index >= 15 is 0 Å². The normalized spacial score (nSPS) is 17.0. The van der Waals surface area contributed by atoms with Crippen molar-refractivity contribution in [3.8, 4) is 5.75 Å². The molecule has 2 heterocycles. The molecule has 0 bridgehead atoms. The topological polar surface area (TPSA) is 54.4 Å². The van der Waals surface area contributed by atoms with E-state index in [1.165, 1.54) is 17.5 Å². The van der Waals surface area contributed by atoms with Crippen LogP contribution in [0.1, 0.15) is 23.1 Å². The van der Waals surface area contributed by atoms with Gasteiger partial charge in [-0.15, -0.1) is 0 Å². The second kappa shape index (κ2) is 7.38. The van der Waals surface area contributed by atoms with Crippen molar-refractivity contribution in [2.24, 2.45) is 0 Å². The summed E-state index contributed by atoms with van der Waals surface area (Å²) in [6.45, 7) is 1.90. The van der Waals surface area contributed by atoms with Crippen LogP contribution in [0, 0.1) is 0 Å². The number of rotatable bonds is 7. The Labute approximate surface area is 131 Å². The van der Waals surface area contributed by atoms with E-state index in [0.29, 0.717) is 12.6 Å². The summed E-state index contributed by atoms with van der Waals surface area (Å²) in [7, 11) is 0. The van der Waals surface area contributed by atoms with Crippen molar-refractivity contribution in [2.75, 3.05) is 13.2 Å². The van der Waals surface area contributed by atoms with E-state index in [2.05, 4.69) is 28.5 Å². The van der Waals surface area contributed by atoms with Gasteiger partial charge >= 0.3 is 0 Å². The van der Waals surface area contributed by atoms with Crippen LogP contribution in [-0.2, 0) is 19.4 Å². The molecule has 4 nitrogen and oxygen atoms in total. The summed E-state index contributed by atoms with van der Waals surface area (Å²) < 4.78 is 5.78. The lowest BCUT2D eigenvalue weighted by Crippen LogP contribution is -2.46. The molecule has 1 saturated heterocycles. The number of aliphatic hydroxyl groups excluding tert-OH is 1. The lowest BCUT2D eigenvalue weighted by Gasteiger charge is -2.27. The predicted molar refractivity (Wildman–Crippen MR) is 85.9 cm³/mol. The van der Waals surface area contributed by atoms with Crippen molar-refractivity contribution >= 4 is 0 Å². The van der Waals surface area contributed by atoms with Crippen LogP contribution in [0.4, 0.5) is 0 Å². The first-order valence-electron chi connectivity index (χ1n) is 7.82. The number of aliphatic hydroxyl groups is 1. The molecule has 1 aromatic carbocycles. The molecule has 4 heteroatoms. The molecule has 116 valence electrons. The minimum Gasteiger partial charge on any atom is -0.490 e. The van der Waals surface area contributed by atoms with Crippen LogP contribution in [0.2, 0.25) is 0 Å². The first-order chi connectivity index (χ1) is 10.8. The molecule has 2 aromatic rings. The fourth-order valence-electron chi connectivity index (χ4n) is 2.54. The fourth-order valence-corrected chi connectivity index (χ4v) is 2.54. The smallest absolute Gasteiger partial charge is 0.137 e. The van der Waals surface area contributed by atoms with E-state index in [4.69, 9.17) is 4.74 Å². The Morgan fingerprint density at radius 1 is 1.14 bits per heavy atom. The van der Waals surface area contributed by atoms with Crippen LogP contribution in [0.15, 0.2) is 42.7 Å². The molecule has 0 saturated carbocycles. The maximum Gasteiger partial charge on any atom is 0.137 e. The molecule has 2 N–H and O–H groups in total. The van der Waals surface area contributed by atoms with Crippen LogP contribution < -0.4 is 10.1 Å². The van der Waals surface area contributed by atoms with Crippen LogP contribution in [0.3, 0.4) is 0 Å². The lowest BCUT2D eigenvalue weighted by molar-refractivity contribution is 0.217. The Bertz CT molecular complexity index is 612. The number of nitrogens with one attached hydrogen (secondary N) is 1. The average Bonchev–Trinajstić information content (AvgIpc) is 2.52. The summed E-state index contributed by atoms with van der Waals surface area (Å²) in [6.07, 6.45) is 6.71. The highest BCUT2D eigenvalue weighted by atomic mass is 16.5. The second-order valence-electron chi connectivity index (χ2n) is 5.76. The minimum atomic E-state index is 0.0912. The molecular formula is C18H22N2O2. The number of benzene rings is 1. The maximum absolute atomic E-state index is 9.18. The summed E-state index contributed by atoms with van der Waals surface area (Å²) in [5.41, 5.74) is 3.37. The van der Waals surface area contributed by atoms with E-state index < -0.39 is 0 Å². The Kier molecular flexibility index (Phi) is 5.03. The summed E-state index contributed by atoms with van der Waals surface area (Å²) in [4.78, 5) is 4.27. The van der Waals surface area contributed by atoms with Gasteiger partial charge in [0.2, 0.25) is 0 Å². The molecule has 3 rings (SSSR count). The van der Waals surface area contributed by atoms with E-state index in [0.717, 1.165) is 30.7 Å². The minimum absolute atomic E-state index is 0.0912. The lowest BCUT2D eigenvalue weighted by atomic mass is 10.0. The number of pyridine rings is 1. The van der Waals surface area contributed by atoms with Gasteiger partial charge in [0, 0.05) is 12.2 Å². The molecule has 0 radical (unpaired) electrons. The van der Waals surface area contributed by atoms with E-state index in [1.54, 1.807) is 6.20 Å². The van der Waals surface area contributed by atoms with Crippen molar-refractivity contribution in [2.45, 2.75) is 31.9 Å². The Morgan fingerprint density at radius 2 is 1.95 bits per heavy atom. The summed E-state index contributed by atoms with van der Waals surface area (Å²) in [6, 6.07) is 10.6. The van der Waals surface area contributed by atoms with Gasteiger partial charge in [0.05, 0.1) is 12.8 Å². The van der Waals surface area contributed by atoms with E-state index in [1.807, 2.05) is 18.3 Å². The number of hydrogen-bond acceptors (Lipinski definition) is 4. The van der Waals surface area contributed by atoms with E-state index in [9.17, 15) is 5.11 Å². The maximum atomic E-state index is 9.18. The summed E-state index contributed by atoms with van der Waals surface area (Å²) >= 11 is 0. The molecule has 1 aromatic heterocycles. The Morgan fingerprint density at radius 3 is 2.73 bits per heavy atom. The standard InChI is InChI=1S/C18H22N2O2/c21-12-16-3-1-2-14(8-16)4-5-15-9-18(11-19-10-15)22-13-17-6-7-20-17/h1-3,8-11,17,20-21H,4-7,12-13H2/t17-/m0/s1. The van der Waals surface area contributed by atoms with Gasteiger partial charge in [-0.25, -0.2) is 0 Å². The van der Waals surface area contributed by atoms with Crippen LogP contribution in [-0.4, -0.2) is 29.3 Å². The summed E-state index contributed by atoms with van der Waals surface area (Å²) in [5, 5.41) is 12.5. The first kappa shape index (κ1) is 15.0. The third kappa shape index (κ3) is 4.06. The molecule has 0 spiro atoms. The zero-order valence-electron chi connectivity index (χ0n) is 12.7. The van der Waals surface area contributed by atoms with Crippen LogP contribution in [0.5, 0.6) is 5.75 Å². The predicted octanol–water partition coefficient (Wildman–Crippen LogP) is 2.10. The van der Waals surface area contributed by atoms with Crippen LogP contribution >= 0.6 is 0 Å². The van der Waals surface area contributed by atoms with Crippen molar-refractivity contribution in [3.63, 3.8) is 0 Å². The van der Waals surface area contributed by atoms with Crippen molar-refractivity contribution < 1.29 is 9.84 Å². The van der Waals surface area contributed by atoms with Gasteiger partial charge in [-0.3, -0.25) is 4.98 Å². The molecule has 1 atom stereocenters. The number of aryl methyl sites for hydroxylation is 2. The first-order valence-corrected chi connectivity index (χ1v) is 7.82. The van der Waals surface area contributed by atoms with Crippen molar-refractivity contribution in [3.05, 3.63) is 59.4 Å². The fraction of sp³-hybridized carbons (Fsp3) is 0.389. The highest BCUT2D eigenvalue weighted by molar-refractivity contribution is 5.27. The zero-order valence-corrected chi connectivity index (χ0v) is 12.7. The van der Waals surface area contributed by atoms with E-state index in [-0.39, 0.29) is 6.61 Å². The SMILES string of the molecule is OCc1cccc(CCc2cncc(OC[C@@H]3CCN3)c2)c1. The molecule has 0 amide bonds. The monoisotopic (exact) mass is 298 g/mol.